The lowest BCUT2D eigenvalue weighted by Gasteiger charge is -2.12. The molecule has 4 heteroatoms. The first-order chi connectivity index (χ1) is 8.25. The van der Waals surface area contributed by atoms with Gasteiger partial charge in [0.15, 0.2) is 0 Å². The molecule has 0 radical (unpaired) electrons. The van der Waals surface area contributed by atoms with E-state index in [1.54, 1.807) is 17.5 Å². The molecule has 0 aliphatic rings. The second-order valence-corrected chi connectivity index (χ2v) is 5.04. The zero-order valence-corrected chi connectivity index (χ0v) is 11.0. The number of aryl methyl sites for hydroxylation is 1. The number of rotatable bonds is 5. The molecule has 0 bridgehead atoms. The fourth-order valence-corrected chi connectivity index (χ4v) is 2.44. The topological polar surface area (TPSA) is 37.8 Å². The lowest BCUT2D eigenvalue weighted by atomic mass is 10.1. The Morgan fingerprint density at radius 1 is 1.47 bits per heavy atom. The molecule has 2 aromatic rings. The molecule has 2 rings (SSSR count). The summed E-state index contributed by atoms with van der Waals surface area (Å²) in [5.41, 5.74) is 2.34. The van der Waals surface area contributed by atoms with Gasteiger partial charge in [-0.1, -0.05) is 6.07 Å². The third-order valence-electron chi connectivity index (χ3n) is 2.64. The minimum Gasteiger partial charge on any atom is -0.310 e. The highest BCUT2D eigenvalue weighted by Gasteiger charge is 2.04. The van der Waals surface area contributed by atoms with Gasteiger partial charge in [0.05, 0.1) is 5.01 Å². The Morgan fingerprint density at radius 3 is 3.00 bits per heavy atom. The van der Waals surface area contributed by atoms with Crippen molar-refractivity contribution in [2.45, 2.75) is 26.3 Å². The predicted molar refractivity (Wildman–Crippen MR) is 71.2 cm³/mol. The molecule has 0 amide bonds. The van der Waals surface area contributed by atoms with Crippen molar-refractivity contribution in [3.05, 3.63) is 46.2 Å². The van der Waals surface area contributed by atoms with Crippen molar-refractivity contribution in [2.75, 3.05) is 6.54 Å². The maximum absolute atomic E-state index is 4.45. The number of hydrogen-bond donors (Lipinski definition) is 1. The van der Waals surface area contributed by atoms with Crippen molar-refractivity contribution in [3.8, 4) is 0 Å². The largest absolute Gasteiger partial charge is 0.310 e. The molecule has 0 fully saturated rings. The van der Waals surface area contributed by atoms with Crippen LogP contribution in [0.3, 0.4) is 0 Å². The number of pyridine rings is 1. The third-order valence-corrected chi connectivity index (χ3v) is 3.67. The van der Waals surface area contributed by atoms with Crippen molar-refractivity contribution >= 4 is 11.3 Å². The number of hydrogen-bond acceptors (Lipinski definition) is 4. The van der Waals surface area contributed by atoms with Crippen LogP contribution in [0.4, 0.5) is 0 Å². The molecule has 2 heterocycles. The summed E-state index contributed by atoms with van der Waals surface area (Å²) in [6.45, 7) is 5.14. The van der Waals surface area contributed by atoms with E-state index in [4.69, 9.17) is 0 Å². The lowest BCUT2D eigenvalue weighted by molar-refractivity contribution is 0.574. The fourth-order valence-electron chi connectivity index (χ4n) is 1.66. The van der Waals surface area contributed by atoms with Gasteiger partial charge in [0.25, 0.3) is 0 Å². The molecule has 2 aromatic heterocycles. The SMILES string of the molecule is Cc1csc(CCNC(C)c2cccnc2)n1. The van der Waals surface area contributed by atoms with Crippen LogP contribution < -0.4 is 5.32 Å². The predicted octanol–water partition coefficient (Wildman–Crippen LogP) is 2.74. The summed E-state index contributed by atoms with van der Waals surface area (Å²) in [6, 6.07) is 4.40. The second kappa shape index (κ2) is 5.89. The average Bonchev–Trinajstić information content (AvgIpc) is 2.76. The van der Waals surface area contributed by atoms with Gasteiger partial charge < -0.3 is 5.32 Å². The van der Waals surface area contributed by atoms with Crippen LogP contribution in [0.25, 0.3) is 0 Å². The van der Waals surface area contributed by atoms with Crippen LogP contribution in [-0.4, -0.2) is 16.5 Å². The summed E-state index contributed by atoms with van der Waals surface area (Å²) in [5, 5.41) is 6.78. The van der Waals surface area contributed by atoms with Crippen molar-refractivity contribution < 1.29 is 0 Å². The van der Waals surface area contributed by atoms with Crippen molar-refractivity contribution in [3.63, 3.8) is 0 Å². The van der Waals surface area contributed by atoms with E-state index in [9.17, 15) is 0 Å². The van der Waals surface area contributed by atoms with Gasteiger partial charge in [0, 0.05) is 42.5 Å². The summed E-state index contributed by atoms with van der Waals surface area (Å²) in [4.78, 5) is 8.57. The molecule has 1 unspecified atom stereocenters. The van der Waals surface area contributed by atoms with E-state index in [1.165, 1.54) is 10.6 Å². The zero-order valence-electron chi connectivity index (χ0n) is 10.2. The summed E-state index contributed by atoms with van der Waals surface area (Å²) < 4.78 is 0. The maximum Gasteiger partial charge on any atom is 0.0940 e. The average molecular weight is 247 g/mol. The molecular weight excluding hydrogens is 230 g/mol. The number of nitrogens with one attached hydrogen (secondary N) is 1. The van der Waals surface area contributed by atoms with E-state index in [0.717, 1.165) is 18.7 Å². The second-order valence-electron chi connectivity index (χ2n) is 4.09. The third kappa shape index (κ3) is 3.61. The highest BCUT2D eigenvalue weighted by Crippen LogP contribution is 2.11. The van der Waals surface area contributed by atoms with Gasteiger partial charge in [-0.05, 0) is 25.5 Å². The Hall–Kier alpha value is -1.26. The van der Waals surface area contributed by atoms with Crippen molar-refractivity contribution in [2.24, 2.45) is 0 Å². The molecule has 0 saturated carbocycles. The minimum atomic E-state index is 0.338. The number of thiazole rings is 1. The summed E-state index contributed by atoms with van der Waals surface area (Å²) in [6.07, 6.45) is 4.70. The van der Waals surface area contributed by atoms with Crippen LogP contribution in [0.2, 0.25) is 0 Å². The first kappa shape index (κ1) is 12.2. The van der Waals surface area contributed by atoms with E-state index in [-0.39, 0.29) is 0 Å². The Kier molecular flexibility index (Phi) is 4.23. The molecular formula is C13H17N3S. The highest BCUT2D eigenvalue weighted by molar-refractivity contribution is 7.09. The minimum absolute atomic E-state index is 0.338. The van der Waals surface area contributed by atoms with Gasteiger partial charge >= 0.3 is 0 Å². The smallest absolute Gasteiger partial charge is 0.0940 e. The van der Waals surface area contributed by atoms with Crippen molar-refractivity contribution in [1.82, 2.24) is 15.3 Å². The molecule has 3 nitrogen and oxygen atoms in total. The van der Waals surface area contributed by atoms with E-state index in [1.807, 2.05) is 19.2 Å². The highest BCUT2D eigenvalue weighted by atomic mass is 32.1. The fraction of sp³-hybridized carbons (Fsp3) is 0.385. The van der Waals surface area contributed by atoms with Gasteiger partial charge in [-0.3, -0.25) is 4.98 Å². The van der Waals surface area contributed by atoms with Crippen LogP contribution in [0.1, 0.15) is 29.2 Å². The van der Waals surface area contributed by atoms with Crippen molar-refractivity contribution in [1.29, 1.82) is 0 Å². The monoisotopic (exact) mass is 247 g/mol. The molecule has 0 spiro atoms. The van der Waals surface area contributed by atoms with Gasteiger partial charge in [-0.15, -0.1) is 11.3 Å². The molecule has 90 valence electrons. The Bertz CT molecular complexity index is 453. The van der Waals surface area contributed by atoms with Gasteiger partial charge in [-0.25, -0.2) is 4.98 Å². The van der Waals surface area contributed by atoms with E-state index in [0.29, 0.717) is 6.04 Å². The van der Waals surface area contributed by atoms with Gasteiger partial charge in [0.2, 0.25) is 0 Å². The Morgan fingerprint density at radius 2 is 2.35 bits per heavy atom. The Balaban J connectivity index is 1.79. The number of nitrogens with zero attached hydrogens (tertiary/aromatic N) is 2. The lowest BCUT2D eigenvalue weighted by Crippen LogP contribution is -2.21. The molecule has 17 heavy (non-hydrogen) atoms. The van der Waals surface area contributed by atoms with E-state index >= 15 is 0 Å². The van der Waals surface area contributed by atoms with Crippen LogP contribution >= 0.6 is 11.3 Å². The molecule has 0 aliphatic heterocycles. The Labute approximate surface area is 106 Å². The van der Waals surface area contributed by atoms with Crippen LogP contribution in [0.5, 0.6) is 0 Å². The molecule has 1 N–H and O–H groups in total. The molecule has 0 aliphatic carbocycles. The van der Waals surface area contributed by atoms with Crippen LogP contribution in [-0.2, 0) is 6.42 Å². The molecule has 0 saturated heterocycles. The number of aromatic nitrogens is 2. The van der Waals surface area contributed by atoms with Gasteiger partial charge in [-0.2, -0.15) is 0 Å². The zero-order chi connectivity index (χ0) is 12.1. The van der Waals surface area contributed by atoms with Crippen LogP contribution in [0.15, 0.2) is 29.9 Å². The summed E-state index contributed by atoms with van der Waals surface area (Å²) in [7, 11) is 0. The van der Waals surface area contributed by atoms with E-state index in [2.05, 4.69) is 33.7 Å². The first-order valence-corrected chi connectivity index (χ1v) is 6.68. The van der Waals surface area contributed by atoms with Gasteiger partial charge in [0.1, 0.15) is 0 Å². The maximum atomic E-state index is 4.45. The quantitative estimate of drug-likeness (QED) is 0.883. The molecule has 1 atom stereocenters. The standard InChI is InChI=1S/C13H17N3S/c1-10-9-17-13(16-10)5-7-15-11(2)12-4-3-6-14-8-12/h3-4,6,8-9,11,15H,5,7H2,1-2H3. The summed E-state index contributed by atoms with van der Waals surface area (Å²) >= 11 is 1.73. The first-order valence-electron chi connectivity index (χ1n) is 5.80. The summed E-state index contributed by atoms with van der Waals surface area (Å²) in [5.74, 6) is 0. The molecule has 0 aromatic carbocycles. The normalized spacial score (nSPS) is 12.6. The van der Waals surface area contributed by atoms with E-state index < -0.39 is 0 Å². The van der Waals surface area contributed by atoms with Crippen LogP contribution in [0, 0.1) is 6.92 Å².